The molecule has 0 aromatic carbocycles. The van der Waals surface area contributed by atoms with E-state index < -0.39 is 5.97 Å². The van der Waals surface area contributed by atoms with Crippen LogP contribution in [0.1, 0.15) is 35.6 Å². The molecule has 0 amide bonds. The van der Waals surface area contributed by atoms with Gasteiger partial charge in [0.2, 0.25) is 5.76 Å². The lowest BCUT2D eigenvalue weighted by atomic mass is 9.94. The third kappa shape index (κ3) is 3.46. The quantitative estimate of drug-likeness (QED) is 0.769. The van der Waals surface area contributed by atoms with Crippen molar-refractivity contribution >= 4 is 5.97 Å². The van der Waals surface area contributed by atoms with Crippen molar-refractivity contribution in [3.05, 3.63) is 35.8 Å². The molecule has 4 heteroatoms. The molecule has 1 heterocycles. The van der Waals surface area contributed by atoms with Gasteiger partial charge in [-0.15, -0.1) is 0 Å². The lowest BCUT2D eigenvalue weighted by Crippen LogP contribution is -2.22. The Kier molecular flexibility index (Phi) is 3.98. The highest BCUT2D eigenvalue weighted by molar-refractivity contribution is 5.84. The van der Waals surface area contributed by atoms with Crippen LogP contribution in [0, 0.1) is 5.92 Å². The van der Waals surface area contributed by atoms with Gasteiger partial charge < -0.3 is 14.8 Å². The molecule has 0 radical (unpaired) electrons. The molecule has 0 bridgehead atoms. The number of carbonyl (C=O) groups is 1. The van der Waals surface area contributed by atoms with Crippen molar-refractivity contribution in [2.24, 2.45) is 5.92 Å². The zero-order valence-electron chi connectivity index (χ0n) is 9.69. The van der Waals surface area contributed by atoms with E-state index in [9.17, 15) is 4.79 Å². The fourth-order valence-electron chi connectivity index (χ4n) is 2.03. The molecule has 0 spiro atoms. The number of aromatic carboxylic acids is 1. The van der Waals surface area contributed by atoms with Gasteiger partial charge in [0, 0.05) is 0 Å². The van der Waals surface area contributed by atoms with Crippen LogP contribution in [-0.2, 0) is 6.54 Å². The summed E-state index contributed by atoms with van der Waals surface area (Å²) in [4.78, 5) is 10.6. The van der Waals surface area contributed by atoms with Crippen molar-refractivity contribution in [3.63, 3.8) is 0 Å². The summed E-state index contributed by atoms with van der Waals surface area (Å²) in [6.45, 7) is 1.54. The summed E-state index contributed by atoms with van der Waals surface area (Å²) in [5.74, 6) is 0.346. The Morgan fingerprint density at radius 3 is 3.00 bits per heavy atom. The van der Waals surface area contributed by atoms with E-state index in [1.54, 1.807) is 6.07 Å². The Bertz CT molecular complexity index is 409. The average Bonchev–Trinajstić information content (AvgIpc) is 2.79. The highest BCUT2D eigenvalue weighted by Gasteiger charge is 2.11. The standard InChI is InChI=1S/C13H17NO3/c15-13(16)12-7-6-11(17-12)9-14-8-10-4-2-1-3-5-10/h1-2,6-7,10,14H,3-5,8-9H2,(H,15,16). The predicted molar refractivity (Wildman–Crippen MR) is 63.9 cm³/mol. The molecule has 1 atom stereocenters. The molecule has 1 aliphatic carbocycles. The van der Waals surface area contributed by atoms with Crippen LogP contribution in [0.5, 0.6) is 0 Å². The summed E-state index contributed by atoms with van der Waals surface area (Å²) in [6.07, 6.45) is 7.97. The maximum Gasteiger partial charge on any atom is 0.371 e. The summed E-state index contributed by atoms with van der Waals surface area (Å²) in [5.41, 5.74) is 0. The van der Waals surface area contributed by atoms with Gasteiger partial charge >= 0.3 is 5.97 Å². The van der Waals surface area contributed by atoms with Crippen LogP contribution in [0.4, 0.5) is 0 Å². The van der Waals surface area contributed by atoms with E-state index in [0.717, 1.165) is 19.4 Å². The fraction of sp³-hybridized carbons (Fsp3) is 0.462. The summed E-state index contributed by atoms with van der Waals surface area (Å²) in [6, 6.07) is 3.19. The second-order valence-corrected chi connectivity index (χ2v) is 4.35. The number of hydrogen-bond donors (Lipinski definition) is 2. The Morgan fingerprint density at radius 2 is 2.35 bits per heavy atom. The van der Waals surface area contributed by atoms with Gasteiger partial charge in [-0.2, -0.15) is 0 Å². The van der Waals surface area contributed by atoms with Crippen LogP contribution in [0.25, 0.3) is 0 Å². The van der Waals surface area contributed by atoms with Crippen molar-refractivity contribution in [3.8, 4) is 0 Å². The smallest absolute Gasteiger partial charge is 0.371 e. The normalized spacial score (nSPS) is 19.4. The van der Waals surface area contributed by atoms with Gasteiger partial charge in [-0.1, -0.05) is 12.2 Å². The minimum absolute atomic E-state index is 0.00222. The van der Waals surface area contributed by atoms with E-state index in [1.807, 2.05) is 0 Å². The van der Waals surface area contributed by atoms with Gasteiger partial charge in [0.1, 0.15) is 5.76 Å². The van der Waals surface area contributed by atoms with Gasteiger partial charge in [0.25, 0.3) is 0 Å². The van der Waals surface area contributed by atoms with Gasteiger partial charge in [-0.25, -0.2) is 4.79 Å². The van der Waals surface area contributed by atoms with Crippen molar-refractivity contribution in [1.29, 1.82) is 0 Å². The van der Waals surface area contributed by atoms with E-state index >= 15 is 0 Å². The number of furan rings is 1. The summed E-state index contributed by atoms with van der Waals surface area (Å²) in [7, 11) is 0. The molecular formula is C13H17NO3. The van der Waals surface area contributed by atoms with Crippen molar-refractivity contribution in [2.75, 3.05) is 6.54 Å². The first-order chi connectivity index (χ1) is 8.25. The topological polar surface area (TPSA) is 62.5 Å². The molecule has 0 fully saturated rings. The maximum absolute atomic E-state index is 10.6. The Balaban J connectivity index is 1.73. The molecular weight excluding hydrogens is 218 g/mol. The lowest BCUT2D eigenvalue weighted by Gasteiger charge is -2.17. The molecule has 0 saturated carbocycles. The average molecular weight is 235 g/mol. The second-order valence-electron chi connectivity index (χ2n) is 4.35. The molecule has 1 aromatic rings. The first-order valence-electron chi connectivity index (χ1n) is 5.93. The molecule has 1 unspecified atom stereocenters. The number of carboxylic acid groups (broad SMARTS) is 1. The maximum atomic E-state index is 10.6. The van der Waals surface area contributed by atoms with E-state index in [2.05, 4.69) is 17.5 Å². The van der Waals surface area contributed by atoms with Gasteiger partial charge in [0.15, 0.2) is 0 Å². The zero-order valence-corrected chi connectivity index (χ0v) is 9.69. The lowest BCUT2D eigenvalue weighted by molar-refractivity contribution is 0.0660. The second kappa shape index (κ2) is 5.68. The predicted octanol–water partition coefficient (Wildman–Crippen LogP) is 2.42. The summed E-state index contributed by atoms with van der Waals surface area (Å²) < 4.78 is 5.16. The summed E-state index contributed by atoms with van der Waals surface area (Å²) in [5, 5.41) is 12.0. The Morgan fingerprint density at radius 1 is 1.47 bits per heavy atom. The number of rotatable bonds is 5. The first-order valence-corrected chi connectivity index (χ1v) is 5.93. The first kappa shape index (κ1) is 11.9. The van der Waals surface area contributed by atoms with Gasteiger partial charge in [0.05, 0.1) is 6.54 Å². The number of hydrogen-bond acceptors (Lipinski definition) is 3. The monoisotopic (exact) mass is 235 g/mol. The van der Waals surface area contributed by atoms with Crippen LogP contribution < -0.4 is 5.32 Å². The van der Waals surface area contributed by atoms with E-state index in [4.69, 9.17) is 9.52 Å². The van der Waals surface area contributed by atoms with Crippen LogP contribution in [0.3, 0.4) is 0 Å². The minimum atomic E-state index is -1.02. The molecule has 0 saturated heterocycles. The van der Waals surface area contributed by atoms with Crippen molar-refractivity contribution in [2.45, 2.75) is 25.8 Å². The van der Waals surface area contributed by atoms with E-state index in [0.29, 0.717) is 18.2 Å². The Hall–Kier alpha value is -1.55. The molecule has 17 heavy (non-hydrogen) atoms. The van der Waals surface area contributed by atoms with Crippen LogP contribution >= 0.6 is 0 Å². The SMILES string of the molecule is O=C(O)c1ccc(CNCC2CC=CCC2)o1. The van der Waals surface area contributed by atoms with Gasteiger partial charge in [-0.3, -0.25) is 0 Å². The largest absolute Gasteiger partial charge is 0.475 e. The Labute approximate surface area is 100 Å². The highest BCUT2D eigenvalue weighted by Crippen LogP contribution is 2.17. The van der Waals surface area contributed by atoms with Crippen LogP contribution in [-0.4, -0.2) is 17.6 Å². The van der Waals surface area contributed by atoms with Gasteiger partial charge in [-0.05, 0) is 43.9 Å². The number of carboxylic acids is 1. The molecule has 2 rings (SSSR count). The van der Waals surface area contributed by atoms with Crippen LogP contribution in [0.15, 0.2) is 28.7 Å². The van der Waals surface area contributed by atoms with E-state index in [-0.39, 0.29) is 5.76 Å². The molecule has 92 valence electrons. The molecule has 1 aromatic heterocycles. The number of allylic oxidation sites excluding steroid dienone is 2. The summed E-state index contributed by atoms with van der Waals surface area (Å²) >= 11 is 0. The van der Waals surface area contributed by atoms with E-state index in [1.165, 1.54) is 12.5 Å². The minimum Gasteiger partial charge on any atom is -0.475 e. The van der Waals surface area contributed by atoms with Crippen molar-refractivity contribution in [1.82, 2.24) is 5.32 Å². The van der Waals surface area contributed by atoms with Crippen LogP contribution in [0.2, 0.25) is 0 Å². The molecule has 0 aliphatic heterocycles. The molecule has 1 aliphatic rings. The molecule has 2 N–H and O–H groups in total. The highest BCUT2D eigenvalue weighted by atomic mass is 16.4. The third-order valence-corrected chi connectivity index (χ3v) is 2.98. The zero-order chi connectivity index (χ0) is 12.1. The third-order valence-electron chi connectivity index (χ3n) is 2.98. The number of nitrogens with one attached hydrogen (secondary N) is 1. The fourth-order valence-corrected chi connectivity index (χ4v) is 2.03. The molecule has 4 nitrogen and oxygen atoms in total. The van der Waals surface area contributed by atoms with Crippen molar-refractivity contribution < 1.29 is 14.3 Å².